The second-order valence-electron chi connectivity index (χ2n) is 6.47. The van der Waals surface area contributed by atoms with Gasteiger partial charge in [0.05, 0.1) is 18.3 Å². The van der Waals surface area contributed by atoms with Gasteiger partial charge in [0.1, 0.15) is 5.69 Å². The number of nitrogens with one attached hydrogen (secondary N) is 2. The lowest BCUT2D eigenvalue weighted by Crippen LogP contribution is -2.31. The van der Waals surface area contributed by atoms with Crippen molar-refractivity contribution in [2.45, 2.75) is 25.3 Å². The van der Waals surface area contributed by atoms with E-state index in [1.807, 2.05) is 11.0 Å². The molecule has 2 N–H and O–H groups in total. The summed E-state index contributed by atoms with van der Waals surface area (Å²) in [6.45, 7) is 1.03. The largest absolute Gasteiger partial charge is 0.490 e. The van der Waals surface area contributed by atoms with Gasteiger partial charge in [-0.05, 0) is 37.1 Å². The third-order valence-electron chi connectivity index (χ3n) is 4.70. The van der Waals surface area contributed by atoms with E-state index in [4.69, 9.17) is 4.74 Å². The van der Waals surface area contributed by atoms with Crippen LogP contribution in [0.3, 0.4) is 0 Å². The molecule has 2 aromatic heterocycles. The number of hydrogen-bond acceptors (Lipinski definition) is 4. The zero-order chi connectivity index (χ0) is 18.6. The molecule has 140 valence electrons. The molecule has 0 radical (unpaired) electrons. The van der Waals surface area contributed by atoms with Gasteiger partial charge in [-0.1, -0.05) is 12.1 Å². The summed E-state index contributed by atoms with van der Waals surface area (Å²) in [6.07, 6.45) is 3.95. The number of aromatic amines is 2. The van der Waals surface area contributed by atoms with Gasteiger partial charge in [0.2, 0.25) is 0 Å². The fourth-order valence-corrected chi connectivity index (χ4v) is 3.36. The van der Waals surface area contributed by atoms with E-state index in [0.717, 1.165) is 24.2 Å². The summed E-state index contributed by atoms with van der Waals surface area (Å²) in [5.41, 5.74) is 2.21. The van der Waals surface area contributed by atoms with Crippen LogP contribution < -0.4 is 4.74 Å². The second-order valence-corrected chi connectivity index (χ2v) is 6.47. The minimum absolute atomic E-state index is 0.0571. The number of ether oxygens (including phenoxy) is 1. The number of para-hydroxylation sites is 1. The SMILES string of the molecule is O=C(c1ccn[nH]1)N1CCCC1c1cc(CCOc2ccccc2F)[nH]n1. The highest BCUT2D eigenvalue weighted by Crippen LogP contribution is 2.32. The van der Waals surface area contributed by atoms with Gasteiger partial charge >= 0.3 is 0 Å². The van der Waals surface area contributed by atoms with Crippen LogP contribution in [-0.4, -0.2) is 44.4 Å². The predicted molar refractivity (Wildman–Crippen MR) is 95.8 cm³/mol. The Bertz CT molecular complexity index is 908. The molecule has 0 aliphatic carbocycles. The number of benzene rings is 1. The maximum atomic E-state index is 13.6. The van der Waals surface area contributed by atoms with Crippen LogP contribution in [0.1, 0.15) is 40.8 Å². The van der Waals surface area contributed by atoms with Crippen LogP contribution in [0, 0.1) is 5.82 Å². The highest BCUT2D eigenvalue weighted by molar-refractivity contribution is 5.92. The zero-order valence-electron chi connectivity index (χ0n) is 14.7. The lowest BCUT2D eigenvalue weighted by Gasteiger charge is -2.22. The molecule has 1 aromatic carbocycles. The third-order valence-corrected chi connectivity index (χ3v) is 4.70. The minimum atomic E-state index is -0.373. The van der Waals surface area contributed by atoms with E-state index in [1.165, 1.54) is 6.07 Å². The maximum absolute atomic E-state index is 13.6. The van der Waals surface area contributed by atoms with Gasteiger partial charge in [0, 0.05) is 24.9 Å². The summed E-state index contributed by atoms with van der Waals surface area (Å²) in [5.74, 6) is -0.200. The Morgan fingerprint density at radius 3 is 3.00 bits per heavy atom. The van der Waals surface area contributed by atoms with Gasteiger partial charge in [0.25, 0.3) is 5.91 Å². The molecule has 1 atom stereocenters. The van der Waals surface area contributed by atoms with E-state index >= 15 is 0 Å². The van der Waals surface area contributed by atoms with Crippen molar-refractivity contribution in [3.8, 4) is 5.75 Å². The molecular weight excluding hydrogens is 349 g/mol. The maximum Gasteiger partial charge on any atom is 0.272 e. The predicted octanol–water partition coefficient (Wildman–Crippen LogP) is 2.87. The van der Waals surface area contributed by atoms with Crippen molar-refractivity contribution in [1.82, 2.24) is 25.3 Å². The topological polar surface area (TPSA) is 86.9 Å². The first kappa shape index (κ1) is 17.3. The van der Waals surface area contributed by atoms with Crippen LogP contribution in [-0.2, 0) is 6.42 Å². The number of amides is 1. The number of rotatable bonds is 6. The molecule has 1 aliphatic heterocycles. The van der Waals surface area contributed by atoms with Crippen LogP contribution in [0.25, 0.3) is 0 Å². The number of carbonyl (C=O) groups is 1. The molecule has 8 heteroatoms. The van der Waals surface area contributed by atoms with Crippen molar-refractivity contribution in [2.75, 3.05) is 13.2 Å². The van der Waals surface area contributed by atoms with Gasteiger partial charge in [-0.2, -0.15) is 10.2 Å². The van der Waals surface area contributed by atoms with Crippen LogP contribution in [0.5, 0.6) is 5.75 Å². The fraction of sp³-hybridized carbons (Fsp3) is 0.316. The van der Waals surface area contributed by atoms with Gasteiger partial charge in [-0.15, -0.1) is 0 Å². The number of nitrogens with zero attached hydrogens (tertiary/aromatic N) is 3. The Kier molecular flexibility index (Phi) is 4.86. The zero-order valence-corrected chi connectivity index (χ0v) is 14.7. The van der Waals surface area contributed by atoms with Crippen molar-refractivity contribution in [3.05, 3.63) is 65.5 Å². The molecule has 1 aliphatic rings. The Hall–Kier alpha value is -3.16. The average molecular weight is 369 g/mol. The molecule has 7 nitrogen and oxygen atoms in total. The molecule has 1 unspecified atom stereocenters. The molecule has 1 fully saturated rings. The van der Waals surface area contributed by atoms with Crippen LogP contribution in [0.4, 0.5) is 4.39 Å². The van der Waals surface area contributed by atoms with E-state index in [9.17, 15) is 9.18 Å². The van der Waals surface area contributed by atoms with Crippen molar-refractivity contribution in [1.29, 1.82) is 0 Å². The second kappa shape index (κ2) is 7.61. The molecule has 27 heavy (non-hydrogen) atoms. The standard InChI is InChI=1S/C19H20FN5O2/c20-14-4-1-2-6-18(14)27-11-8-13-12-16(24-22-13)17-5-3-10-25(17)19(26)15-7-9-21-23-15/h1-2,4,6-7,9,12,17H,3,5,8,10-11H2,(H,21,23)(H,22,24). The van der Waals surface area contributed by atoms with Crippen molar-refractivity contribution in [3.63, 3.8) is 0 Å². The Labute approximate surface area is 155 Å². The minimum Gasteiger partial charge on any atom is -0.490 e. The Morgan fingerprint density at radius 1 is 1.30 bits per heavy atom. The van der Waals surface area contributed by atoms with Gasteiger partial charge in [-0.3, -0.25) is 15.0 Å². The molecule has 3 heterocycles. The summed E-state index contributed by atoms with van der Waals surface area (Å²) >= 11 is 0. The molecule has 0 bridgehead atoms. The quantitative estimate of drug-likeness (QED) is 0.699. The smallest absolute Gasteiger partial charge is 0.272 e. The Balaban J connectivity index is 1.38. The van der Waals surface area contributed by atoms with Crippen molar-refractivity contribution in [2.24, 2.45) is 0 Å². The average Bonchev–Trinajstić information content (AvgIpc) is 3.43. The molecule has 4 rings (SSSR count). The van der Waals surface area contributed by atoms with E-state index in [0.29, 0.717) is 25.3 Å². The molecule has 0 spiro atoms. The van der Waals surface area contributed by atoms with Gasteiger partial charge in [0.15, 0.2) is 11.6 Å². The van der Waals surface area contributed by atoms with Crippen LogP contribution in [0.15, 0.2) is 42.6 Å². The number of halogens is 1. The highest BCUT2D eigenvalue weighted by atomic mass is 19.1. The summed E-state index contributed by atoms with van der Waals surface area (Å²) in [5, 5.41) is 13.9. The molecule has 0 saturated carbocycles. The fourth-order valence-electron chi connectivity index (χ4n) is 3.36. The van der Waals surface area contributed by atoms with Crippen LogP contribution in [0.2, 0.25) is 0 Å². The van der Waals surface area contributed by atoms with Crippen molar-refractivity contribution >= 4 is 5.91 Å². The number of carbonyl (C=O) groups excluding carboxylic acids is 1. The van der Waals surface area contributed by atoms with E-state index < -0.39 is 0 Å². The normalized spacial score (nSPS) is 16.6. The molecule has 1 saturated heterocycles. The first-order valence-corrected chi connectivity index (χ1v) is 8.94. The first-order valence-electron chi connectivity index (χ1n) is 8.94. The van der Waals surface area contributed by atoms with Gasteiger partial charge in [-0.25, -0.2) is 4.39 Å². The van der Waals surface area contributed by atoms with E-state index in [1.54, 1.807) is 30.5 Å². The lowest BCUT2D eigenvalue weighted by atomic mass is 10.1. The summed E-state index contributed by atoms with van der Waals surface area (Å²) in [6, 6.07) is 9.90. The molecular formula is C19H20FN5O2. The number of hydrogen-bond donors (Lipinski definition) is 2. The Morgan fingerprint density at radius 2 is 2.19 bits per heavy atom. The summed E-state index contributed by atoms with van der Waals surface area (Å²) in [7, 11) is 0. The van der Waals surface area contributed by atoms with E-state index in [-0.39, 0.29) is 23.5 Å². The van der Waals surface area contributed by atoms with E-state index in [2.05, 4.69) is 20.4 Å². The van der Waals surface area contributed by atoms with Gasteiger partial charge < -0.3 is 9.64 Å². The molecule has 3 aromatic rings. The van der Waals surface area contributed by atoms with Crippen LogP contribution >= 0.6 is 0 Å². The summed E-state index contributed by atoms with van der Waals surface area (Å²) < 4.78 is 19.1. The summed E-state index contributed by atoms with van der Waals surface area (Å²) in [4.78, 5) is 14.4. The number of H-pyrrole nitrogens is 2. The highest BCUT2D eigenvalue weighted by Gasteiger charge is 2.32. The number of aromatic nitrogens is 4. The number of likely N-dealkylation sites (tertiary alicyclic amines) is 1. The molecule has 1 amide bonds. The lowest BCUT2D eigenvalue weighted by molar-refractivity contribution is 0.0727. The first-order chi connectivity index (χ1) is 13.2. The third kappa shape index (κ3) is 3.69. The monoisotopic (exact) mass is 369 g/mol. The van der Waals surface area contributed by atoms with Crippen molar-refractivity contribution < 1.29 is 13.9 Å².